The van der Waals surface area contributed by atoms with Crippen LogP contribution >= 0.6 is 0 Å². The average molecular weight is 195 g/mol. The molecule has 0 bridgehead atoms. The van der Waals surface area contributed by atoms with Crippen LogP contribution in [0.2, 0.25) is 0 Å². The van der Waals surface area contributed by atoms with Crippen molar-refractivity contribution >= 4 is 10.8 Å². The highest BCUT2D eigenvalue weighted by Gasteiger charge is 2.06. The molecule has 0 aliphatic carbocycles. The molecule has 3 rings (SSSR count). The normalized spacial score (nSPS) is 10.7. The number of hydrogen-bond donors (Lipinski definition) is 0. The third-order valence-electron chi connectivity index (χ3n) is 2.36. The lowest BCUT2D eigenvalue weighted by atomic mass is 10.0. The third kappa shape index (κ3) is 1.29. The van der Waals surface area contributed by atoms with Gasteiger partial charge in [0.25, 0.3) is 0 Å². The van der Waals surface area contributed by atoms with Crippen molar-refractivity contribution in [1.82, 2.24) is 10.1 Å². The van der Waals surface area contributed by atoms with Crippen LogP contribution in [0.1, 0.15) is 0 Å². The van der Waals surface area contributed by atoms with Gasteiger partial charge in [-0.05, 0) is 10.8 Å². The molecule has 1 aromatic heterocycles. The van der Waals surface area contributed by atoms with Gasteiger partial charge in [0.05, 0.1) is 0 Å². The molecule has 0 saturated heterocycles. The summed E-state index contributed by atoms with van der Waals surface area (Å²) in [6.07, 6.45) is 2.36. The van der Waals surface area contributed by atoms with E-state index in [-0.39, 0.29) is 0 Å². The van der Waals surface area contributed by atoms with Crippen molar-refractivity contribution in [3.63, 3.8) is 0 Å². The second kappa shape index (κ2) is 3.20. The molecular formula is C12H7N2O. The first-order valence-corrected chi connectivity index (χ1v) is 4.63. The lowest BCUT2D eigenvalue weighted by molar-refractivity contribution is 0.411. The maximum Gasteiger partial charge on any atom is 0.316 e. The van der Waals surface area contributed by atoms with Crippen LogP contribution in [-0.2, 0) is 0 Å². The number of fused-ring (bicyclic) bond motifs is 1. The van der Waals surface area contributed by atoms with Gasteiger partial charge in [0.2, 0.25) is 5.82 Å². The van der Waals surface area contributed by atoms with Gasteiger partial charge in [0.15, 0.2) is 0 Å². The Morgan fingerprint density at radius 2 is 1.87 bits per heavy atom. The third-order valence-corrected chi connectivity index (χ3v) is 2.36. The van der Waals surface area contributed by atoms with E-state index in [9.17, 15) is 0 Å². The van der Waals surface area contributed by atoms with E-state index >= 15 is 0 Å². The van der Waals surface area contributed by atoms with Crippen LogP contribution in [0, 0.1) is 6.39 Å². The summed E-state index contributed by atoms with van der Waals surface area (Å²) in [6, 6.07) is 14.1. The predicted molar refractivity (Wildman–Crippen MR) is 56.1 cm³/mol. The van der Waals surface area contributed by atoms with Crippen LogP contribution in [0.4, 0.5) is 0 Å². The molecule has 1 radical (unpaired) electrons. The number of aromatic nitrogens is 2. The van der Waals surface area contributed by atoms with Gasteiger partial charge in [-0.15, -0.1) is 0 Å². The molecule has 2 aromatic carbocycles. The molecule has 0 N–H and O–H groups in total. The number of benzene rings is 2. The molecule has 0 unspecified atom stereocenters. The predicted octanol–water partition coefficient (Wildman–Crippen LogP) is 2.69. The molecule has 0 spiro atoms. The zero-order chi connectivity index (χ0) is 10.1. The second-order valence-corrected chi connectivity index (χ2v) is 3.24. The molecule has 71 valence electrons. The van der Waals surface area contributed by atoms with E-state index in [0.717, 1.165) is 10.9 Å². The number of hydrogen-bond acceptors (Lipinski definition) is 3. The Kier molecular flexibility index (Phi) is 1.75. The minimum absolute atomic E-state index is 0.576. The van der Waals surface area contributed by atoms with Crippen molar-refractivity contribution in [2.75, 3.05) is 0 Å². The molecule has 1 heterocycles. The average Bonchev–Trinajstić information content (AvgIpc) is 2.82. The molecule has 15 heavy (non-hydrogen) atoms. The van der Waals surface area contributed by atoms with Crippen LogP contribution in [0.25, 0.3) is 22.2 Å². The molecule has 3 heteroatoms. The first kappa shape index (κ1) is 8.17. The fourth-order valence-electron chi connectivity index (χ4n) is 1.68. The Labute approximate surface area is 86.4 Å². The summed E-state index contributed by atoms with van der Waals surface area (Å²) in [5.74, 6) is 0.576. The molecule has 0 aliphatic rings. The van der Waals surface area contributed by atoms with Crippen molar-refractivity contribution < 1.29 is 4.52 Å². The summed E-state index contributed by atoms with van der Waals surface area (Å²) in [7, 11) is 0. The van der Waals surface area contributed by atoms with Crippen molar-refractivity contribution in [2.45, 2.75) is 0 Å². The molecule has 0 saturated carbocycles. The zero-order valence-electron chi connectivity index (χ0n) is 7.84. The fraction of sp³-hybridized carbons (Fsp3) is 0. The van der Waals surface area contributed by atoms with Gasteiger partial charge in [0.1, 0.15) is 0 Å². The monoisotopic (exact) mass is 195 g/mol. The molecular weight excluding hydrogens is 188 g/mol. The summed E-state index contributed by atoms with van der Waals surface area (Å²) in [5.41, 5.74) is 0.970. The molecule has 0 atom stereocenters. The minimum Gasteiger partial charge on any atom is -0.328 e. The topological polar surface area (TPSA) is 38.9 Å². The fourth-order valence-corrected chi connectivity index (χ4v) is 1.68. The summed E-state index contributed by atoms with van der Waals surface area (Å²) in [6.45, 7) is 0. The van der Waals surface area contributed by atoms with E-state index in [0.29, 0.717) is 5.82 Å². The van der Waals surface area contributed by atoms with Gasteiger partial charge in [0, 0.05) is 5.56 Å². The number of rotatable bonds is 1. The SMILES string of the molecule is [c]1nc(-c2cccc3ccccc23)no1. The van der Waals surface area contributed by atoms with E-state index in [1.54, 1.807) is 0 Å². The molecule has 0 aliphatic heterocycles. The van der Waals surface area contributed by atoms with E-state index in [1.165, 1.54) is 5.39 Å². The maximum atomic E-state index is 4.63. The smallest absolute Gasteiger partial charge is 0.316 e. The van der Waals surface area contributed by atoms with Crippen LogP contribution in [-0.4, -0.2) is 10.1 Å². The van der Waals surface area contributed by atoms with Crippen molar-refractivity contribution in [3.8, 4) is 11.4 Å². The largest absolute Gasteiger partial charge is 0.328 e. The quantitative estimate of drug-likeness (QED) is 0.599. The Morgan fingerprint density at radius 1 is 1.00 bits per heavy atom. The van der Waals surface area contributed by atoms with Crippen LogP contribution in [0.3, 0.4) is 0 Å². The Hall–Kier alpha value is -2.16. The summed E-state index contributed by atoms with van der Waals surface area (Å²) < 4.78 is 4.63. The Morgan fingerprint density at radius 3 is 2.73 bits per heavy atom. The standard InChI is InChI=1S/C12H7N2O/c1-2-6-10-9(4-1)5-3-7-11(10)12-13-8-15-14-12/h1-7H. The minimum atomic E-state index is 0.576. The van der Waals surface area contributed by atoms with Crippen LogP contribution in [0.5, 0.6) is 0 Å². The first-order valence-electron chi connectivity index (χ1n) is 4.63. The Balaban J connectivity index is 2.36. The van der Waals surface area contributed by atoms with E-state index < -0.39 is 0 Å². The Bertz CT molecular complexity index is 582. The highest BCUT2D eigenvalue weighted by atomic mass is 16.5. The van der Waals surface area contributed by atoms with Gasteiger partial charge in [-0.25, -0.2) is 0 Å². The van der Waals surface area contributed by atoms with Crippen LogP contribution in [0.15, 0.2) is 47.0 Å². The van der Waals surface area contributed by atoms with Gasteiger partial charge in [-0.3, -0.25) is 0 Å². The molecule has 0 fully saturated rings. The first-order chi connectivity index (χ1) is 7.45. The van der Waals surface area contributed by atoms with Gasteiger partial charge in [-0.2, -0.15) is 4.98 Å². The maximum absolute atomic E-state index is 4.63. The second-order valence-electron chi connectivity index (χ2n) is 3.24. The van der Waals surface area contributed by atoms with Crippen molar-refractivity contribution in [2.24, 2.45) is 0 Å². The highest BCUT2D eigenvalue weighted by Crippen LogP contribution is 2.25. The summed E-state index contributed by atoms with van der Waals surface area (Å²) in [5, 5.41) is 6.08. The molecule has 3 aromatic rings. The van der Waals surface area contributed by atoms with Gasteiger partial charge < -0.3 is 4.52 Å². The van der Waals surface area contributed by atoms with Crippen LogP contribution < -0.4 is 0 Å². The molecule has 0 amide bonds. The lowest BCUT2D eigenvalue weighted by Gasteiger charge is -2.01. The van der Waals surface area contributed by atoms with E-state index in [2.05, 4.69) is 33.2 Å². The summed E-state index contributed by atoms with van der Waals surface area (Å²) >= 11 is 0. The number of nitrogens with zero attached hydrogens (tertiary/aromatic N) is 2. The van der Waals surface area contributed by atoms with Crippen molar-refractivity contribution in [3.05, 3.63) is 48.9 Å². The molecule has 3 nitrogen and oxygen atoms in total. The summed E-state index contributed by atoms with van der Waals surface area (Å²) in [4.78, 5) is 3.93. The van der Waals surface area contributed by atoms with Crippen molar-refractivity contribution in [1.29, 1.82) is 0 Å². The zero-order valence-corrected chi connectivity index (χ0v) is 7.84. The highest BCUT2D eigenvalue weighted by molar-refractivity contribution is 5.94. The van der Waals surface area contributed by atoms with E-state index in [4.69, 9.17) is 0 Å². The van der Waals surface area contributed by atoms with Gasteiger partial charge >= 0.3 is 6.39 Å². The van der Waals surface area contributed by atoms with Gasteiger partial charge in [-0.1, -0.05) is 47.6 Å². The van der Waals surface area contributed by atoms with E-state index in [1.807, 2.05) is 30.3 Å². The lowest BCUT2D eigenvalue weighted by Crippen LogP contribution is -1.82.